The second-order valence-corrected chi connectivity index (χ2v) is 7.13. The molecule has 0 bridgehead atoms. The van der Waals surface area contributed by atoms with E-state index in [9.17, 15) is 9.59 Å². The molecule has 2 rings (SSSR count). The van der Waals surface area contributed by atoms with E-state index in [2.05, 4.69) is 21.2 Å². The summed E-state index contributed by atoms with van der Waals surface area (Å²) in [4.78, 5) is 23.8. The van der Waals surface area contributed by atoms with Crippen molar-refractivity contribution in [3.05, 3.63) is 40.4 Å². The van der Waals surface area contributed by atoms with Gasteiger partial charge in [0.25, 0.3) is 5.91 Å². The first kappa shape index (κ1) is 18.7. The zero-order valence-corrected chi connectivity index (χ0v) is 15.6. The number of nitrogens with one attached hydrogen (secondary N) is 1. The highest BCUT2D eigenvalue weighted by Crippen LogP contribution is 2.22. The van der Waals surface area contributed by atoms with Crippen molar-refractivity contribution in [3.8, 4) is 0 Å². The quantitative estimate of drug-likeness (QED) is 0.584. The molecule has 1 saturated carbocycles. The van der Waals surface area contributed by atoms with Crippen molar-refractivity contribution in [1.29, 1.82) is 0 Å². The number of carbonyl (C=O) groups is 2. The van der Waals surface area contributed by atoms with Crippen LogP contribution in [0, 0.1) is 5.92 Å². The van der Waals surface area contributed by atoms with Crippen LogP contribution in [-0.2, 0) is 14.3 Å². The van der Waals surface area contributed by atoms with Gasteiger partial charge in [-0.05, 0) is 49.5 Å². The molecule has 1 aliphatic carbocycles. The van der Waals surface area contributed by atoms with E-state index in [0.29, 0.717) is 12.5 Å². The van der Waals surface area contributed by atoms with Gasteiger partial charge in [0.1, 0.15) is 0 Å². The zero-order valence-electron chi connectivity index (χ0n) is 14.0. The van der Waals surface area contributed by atoms with Gasteiger partial charge in [-0.3, -0.25) is 4.79 Å². The van der Waals surface area contributed by atoms with Crippen LogP contribution in [-0.4, -0.2) is 24.5 Å². The van der Waals surface area contributed by atoms with Gasteiger partial charge in [-0.1, -0.05) is 47.3 Å². The molecule has 0 heterocycles. The van der Waals surface area contributed by atoms with Crippen LogP contribution in [0.3, 0.4) is 0 Å². The van der Waals surface area contributed by atoms with E-state index >= 15 is 0 Å². The summed E-state index contributed by atoms with van der Waals surface area (Å²) in [7, 11) is 0. The zero-order chi connectivity index (χ0) is 17.4. The molecule has 24 heavy (non-hydrogen) atoms. The Morgan fingerprint density at radius 2 is 2.08 bits per heavy atom. The van der Waals surface area contributed by atoms with Crippen LogP contribution in [0.15, 0.2) is 34.8 Å². The first-order valence-corrected chi connectivity index (χ1v) is 9.26. The molecule has 1 atom stereocenters. The number of esters is 1. The Hall–Kier alpha value is -1.62. The topological polar surface area (TPSA) is 55.4 Å². The monoisotopic (exact) mass is 393 g/mol. The molecule has 1 aromatic rings. The number of benzene rings is 1. The fraction of sp³-hybridized carbons (Fsp3) is 0.474. The maximum atomic E-state index is 12.0. The summed E-state index contributed by atoms with van der Waals surface area (Å²) >= 11 is 3.38. The van der Waals surface area contributed by atoms with Crippen LogP contribution in [0.4, 0.5) is 0 Å². The maximum Gasteiger partial charge on any atom is 0.331 e. The van der Waals surface area contributed by atoms with Crippen LogP contribution in [0.2, 0.25) is 0 Å². The van der Waals surface area contributed by atoms with Crippen molar-refractivity contribution in [1.82, 2.24) is 5.32 Å². The summed E-state index contributed by atoms with van der Waals surface area (Å²) in [6.45, 7) is 2.27. The van der Waals surface area contributed by atoms with E-state index in [0.717, 1.165) is 10.0 Å². The largest absolute Gasteiger partial charge is 0.449 e. The van der Waals surface area contributed by atoms with Gasteiger partial charge in [-0.25, -0.2) is 4.79 Å². The number of hydrogen-bond donors (Lipinski definition) is 1. The van der Waals surface area contributed by atoms with Crippen molar-refractivity contribution in [2.24, 2.45) is 5.92 Å². The predicted octanol–water partition coefficient (Wildman–Crippen LogP) is 4.09. The van der Waals surface area contributed by atoms with Crippen molar-refractivity contribution >= 4 is 33.9 Å². The molecule has 0 unspecified atom stereocenters. The molecule has 5 heteroatoms. The molecular weight excluding hydrogens is 370 g/mol. The molecule has 1 amide bonds. The summed E-state index contributed by atoms with van der Waals surface area (Å²) < 4.78 is 6.09. The Balaban J connectivity index is 1.74. The molecule has 0 aromatic heterocycles. The van der Waals surface area contributed by atoms with Crippen LogP contribution in [0.25, 0.3) is 6.08 Å². The van der Waals surface area contributed by atoms with Crippen LogP contribution in [0.5, 0.6) is 0 Å². The molecule has 1 aliphatic rings. The SMILES string of the molecule is C[C@H](OC(=O)/C=C/c1cccc(Br)c1)C(=O)NCC1CCCCC1. The van der Waals surface area contributed by atoms with Crippen molar-refractivity contribution in [3.63, 3.8) is 0 Å². The fourth-order valence-electron chi connectivity index (χ4n) is 2.82. The van der Waals surface area contributed by atoms with E-state index in [1.807, 2.05) is 24.3 Å². The number of carbonyl (C=O) groups excluding carboxylic acids is 2. The van der Waals surface area contributed by atoms with Gasteiger partial charge in [0.15, 0.2) is 6.10 Å². The van der Waals surface area contributed by atoms with E-state index in [-0.39, 0.29) is 5.91 Å². The average molecular weight is 394 g/mol. The van der Waals surface area contributed by atoms with E-state index < -0.39 is 12.1 Å². The molecular formula is C19H24BrNO3. The molecule has 0 radical (unpaired) electrons. The minimum atomic E-state index is -0.784. The molecule has 1 N–H and O–H groups in total. The van der Waals surface area contributed by atoms with Crippen molar-refractivity contribution in [2.45, 2.75) is 45.1 Å². The number of rotatable bonds is 6. The van der Waals surface area contributed by atoms with E-state index in [1.165, 1.54) is 38.2 Å². The normalized spacial score (nSPS) is 16.8. The van der Waals surface area contributed by atoms with Gasteiger partial charge >= 0.3 is 5.97 Å². The molecule has 1 aromatic carbocycles. The molecule has 1 fully saturated rings. The third kappa shape index (κ3) is 6.48. The first-order valence-electron chi connectivity index (χ1n) is 8.46. The minimum absolute atomic E-state index is 0.232. The summed E-state index contributed by atoms with van der Waals surface area (Å²) in [6, 6.07) is 7.57. The van der Waals surface area contributed by atoms with Gasteiger partial charge < -0.3 is 10.1 Å². The number of ether oxygens (including phenoxy) is 1. The van der Waals surface area contributed by atoms with E-state index in [4.69, 9.17) is 4.74 Å². The molecule has 0 saturated heterocycles. The van der Waals surface area contributed by atoms with Gasteiger partial charge in [0.05, 0.1) is 0 Å². The highest BCUT2D eigenvalue weighted by atomic mass is 79.9. The Labute approximate surface area is 151 Å². The molecule has 0 spiro atoms. The Bertz CT molecular complexity index is 594. The van der Waals surface area contributed by atoms with Gasteiger partial charge in [-0.15, -0.1) is 0 Å². The molecule has 4 nitrogen and oxygen atoms in total. The second kappa shape index (κ2) is 9.62. The van der Waals surface area contributed by atoms with Crippen molar-refractivity contribution in [2.75, 3.05) is 6.54 Å². The summed E-state index contributed by atoms with van der Waals surface area (Å²) in [5.74, 6) is -0.193. The summed E-state index contributed by atoms with van der Waals surface area (Å²) in [5.41, 5.74) is 0.885. The lowest BCUT2D eigenvalue weighted by molar-refractivity contribution is -0.150. The lowest BCUT2D eigenvalue weighted by Gasteiger charge is -2.22. The second-order valence-electron chi connectivity index (χ2n) is 6.22. The fourth-order valence-corrected chi connectivity index (χ4v) is 3.24. The van der Waals surface area contributed by atoms with E-state index in [1.54, 1.807) is 13.0 Å². The Morgan fingerprint density at radius 3 is 2.79 bits per heavy atom. The first-order chi connectivity index (χ1) is 11.5. The van der Waals surface area contributed by atoms with Gasteiger partial charge in [-0.2, -0.15) is 0 Å². The third-order valence-corrected chi connectivity index (χ3v) is 4.71. The Morgan fingerprint density at radius 1 is 1.33 bits per heavy atom. The highest BCUT2D eigenvalue weighted by molar-refractivity contribution is 9.10. The minimum Gasteiger partial charge on any atom is -0.449 e. The van der Waals surface area contributed by atoms with Crippen molar-refractivity contribution < 1.29 is 14.3 Å². The standard InChI is InChI=1S/C19H24BrNO3/c1-14(19(23)21-13-16-6-3-2-4-7-16)24-18(22)11-10-15-8-5-9-17(20)12-15/h5,8-12,14,16H,2-4,6-7,13H2,1H3,(H,21,23)/b11-10+/t14-/m0/s1. The smallest absolute Gasteiger partial charge is 0.331 e. The lowest BCUT2D eigenvalue weighted by atomic mass is 9.89. The molecule has 0 aliphatic heterocycles. The molecule has 130 valence electrons. The van der Waals surface area contributed by atoms with Crippen LogP contribution < -0.4 is 5.32 Å². The average Bonchev–Trinajstić information content (AvgIpc) is 2.59. The lowest BCUT2D eigenvalue weighted by Crippen LogP contribution is -2.38. The van der Waals surface area contributed by atoms with Gasteiger partial charge in [0, 0.05) is 17.1 Å². The number of halogens is 1. The predicted molar refractivity (Wildman–Crippen MR) is 98.3 cm³/mol. The summed E-state index contributed by atoms with van der Waals surface area (Å²) in [5, 5.41) is 2.89. The highest BCUT2D eigenvalue weighted by Gasteiger charge is 2.19. The van der Waals surface area contributed by atoms with Gasteiger partial charge in [0.2, 0.25) is 0 Å². The maximum absolute atomic E-state index is 12.0. The van der Waals surface area contributed by atoms with Crippen LogP contribution >= 0.6 is 15.9 Å². The number of amides is 1. The Kier molecular flexibility index (Phi) is 7.50. The third-order valence-electron chi connectivity index (χ3n) is 4.21. The van der Waals surface area contributed by atoms with Crippen LogP contribution in [0.1, 0.15) is 44.6 Å². The number of hydrogen-bond acceptors (Lipinski definition) is 3. The summed E-state index contributed by atoms with van der Waals surface area (Å²) in [6.07, 6.45) is 8.34.